The Morgan fingerprint density at radius 2 is 1.54 bits per heavy atom. The summed E-state index contributed by atoms with van der Waals surface area (Å²) in [5.41, 5.74) is 1.84. The molecule has 39 heavy (non-hydrogen) atoms. The van der Waals surface area contributed by atoms with Gasteiger partial charge in [-0.1, -0.05) is 62.9 Å². The number of carbonyl (C=O) groups excluding carboxylic acids is 2. The molecule has 7 nitrogen and oxygen atoms in total. The Bertz CT molecular complexity index is 1430. The summed E-state index contributed by atoms with van der Waals surface area (Å²) in [5, 5.41) is 3.48. The standard InChI is InChI=1S/C28H30BrCl2N3O4S/c1-18(2)32-28(36)20(4)33(16-21-7-14-25(30)26(31)15-21)27(35)17-34(23-10-8-22(29)9-11-23)39(37,38)24-12-5-19(3)6-13-24/h5-15,18,20H,16-17H2,1-4H3,(H,32,36)/t20-/m0/s1. The second-order valence-electron chi connectivity index (χ2n) is 9.41. The number of benzene rings is 3. The molecule has 1 N–H and O–H groups in total. The molecule has 0 saturated carbocycles. The molecule has 0 unspecified atom stereocenters. The van der Waals surface area contributed by atoms with E-state index in [1.807, 2.05) is 20.8 Å². The monoisotopic (exact) mass is 653 g/mol. The van der Waals surface area contributed by atoms with Crippen molar-refractivity contribution >= 4 is 66.7 Å². The molecule has 3 rings (SSSR count). The van der Waals surface area contributed by atoms with Gasteiger partial charge in [0.25, 0.3) is 10.0 Å². The van der Waals surface area contributed by atoms with Crippen molar-refractivity contribution in [2.45, 2.75) is 51.2 Å². The fourth-order valence-corrected chi connectivity index (χ4v) is 5.80. The average Bonchev–Trinajstić information content (AvgIpc) is 2.87. The van der Waals surface area contributed by atoms with Crippen LogP contribution in [-0.4, -0.2) is 43.8 Å². The Hall–Kier alpha value is -2.59. The summed E-state index contributed by atoms with van der Waals surface area (Å²) in [6.07, 6.45) is 0. The number of nitrogens with one attached hydrogen (secondary N) is 1. The normalized spacial score (nSPS) is 12.2. The molecule has 0 aliphatic rings. The molecule has 3 aromatic carbocycles. The van der Waals surface area contributed by atoms with Crippen LogP contribution in [0.15, 0.2) is 76.1 Å². The number of carbonyl (C=O) groups is 2. The number of sulfonamides is 1. The van der Waals surface area contributed by atoms with Gasteiger partial charge in [-0.05, 0) is 81.8 Å². The van der Waals surface area contributed by atoms with Gasteiger partial charge in [-0.25, -0.2) is 8.42 Å². The van der Waals surface area contributed by atoms with Crippen LogP contribution in [-0.2, 0) is 26.2 Å². The molecule has 11 heteroatoms. The lowest BCUT2D eigenvalue weighted by Gasteiger charge is -2.32. The van der Waals surface area contributed by atoms with Gasteiger partial charge >= 0.3 is 0 Å². The molecule has 0 aromatic heterocycles. The van der Waals surface area contributed by atoms with E-state index in [0.717, 1.165) is 14.3 Å². The number of hydrogen-bond acceptors (Lipinski definition) is 4. The highest BCUT2D eigenvalue weighted by molar-refractivity contribution is 9.10. The van der Waals surface area contributed by atoms with Crippen LogP contribution in [0.25, 0.3) is 0 Å². The van der Waals surface area contributed by atoms with E-state index in [-0.39, 0.29) is 23.4 Å². The second-order valence-corrected chi connectivity index (χ2v) is 13.0. The molecule has 1 atom stereocenters. The van der Waals surface area contributed by atoms with Crippen molar-refractivity contribution in [3.63, 3.8) is 0 Å². The lowest BCUT2D eigenvalue weighted by atomic mass is 10.1. The summed E-state index contributed by atoms with van der Waals surface area (Å²) in [5.74, 6) is -0.930. The van der Waals surface area contributed by atoms with Crippen LogP contribution in [0.4, 0.5) is 5.69 Å². The molecule has 0 fully saturated rings. The highest BCUT2D eigenvalue weighted by atomic mass is 79.9. The van der Waals surface area contributed by atoms with Gasteiger partial charge in [0, 0.05) is 17.1 Å². The van der Waals surface area contributed by atoms with Crippen molar-refractivity contribution in [3.05, 3.63) is 92.4 Å². The number of nitrogens with zero attached hydrogens (tertiary/aromatic N) is 2. The molecule has 0 heterocycles. The Morgan fingerprint density at radius 3 is 2.10 bits per heavy atom. The van der Waals surface area contributed by atoms with Gasteiger partial charge in [-0.15, -0.1) is 0 Å². The van der Waals surface area contributed by atoms with Gasteiger partial charge in [0.2, 0.25) is 11.8 Å². The van der Waals surface area contributed by atoms with E-state index in [4.69, 9.17) is 23.2 Å². The highest BCUT2D eigenvalue weighted by Gasteiger charge is 2.32. The topological polar surface area (TPSA) is 86.8 Å². The van der Waals surface area contributed by atoms with E-state index in [2.05, 4.69) is 21.2 Å². The van der Waals surface area contributed by atoms with Crippen LogP contribution >= 0.6 is 39.1 Å². The third-order valence-corrected chi connectivity index (χ3v) is 8.99. The van der Waals surface area contributed by atoms with Gasteiger partial charge in [0.15, 0.2) is 0 Å². The summed E-state index contributed by atoms with van der Waals surface area (Å²) >= 11 is 15.6. The van der Waals surface area contributed by atoms with Crippen LogP contribution in [0.1, 0.15) is 31.9 Å². The van der Waals surface area contributed by atoms with Crippen LogP contribution in [0, 0.1) is 6.92 Å². The first kappa shape index (κ1) is 30.9. The molecule has 0 aliphatic carbocycles. The Morgan fingerprint density at radius 1 is 0.923 bits per heavy atom. The average molecular weight is 655 g/mol. The third kappa shape index (κ3) is 7.97. The van der Waals surface area contributed by atoms with Crippen molar-refractivity contribution in [1.29, 1.82) is 0 Å². The highest BCUT2D eigenvalue weighted by Crippen LogP contribution is 2.27. The van der Waals surface area contributed by atoms with E-state index in [9.17, 15) is 18.0 Å². The zero-order valence-corrected chi connectivity index (χ0v) is 25.9. The second kappa shape index (κ2) is 13.2. The quantitative estimate of drug-likeness (QED) is 0.282. The zero-order chi connectivity index (χ0) is 28.9. The first-order chi connectivity index (χ1) is 18.3. The lowest BCUT2D eigenvalue weighted by Crippen LogP contribution is -2.52. The number of aryl methyl sites for hydroxylation is 1. The van der Waals surface area contributed by atoms with Gasteiger partial charge in [-0.3, -0.25) is 13.9 Å². The number of amides is 2. The van der Waals surface area contributed by atoms with Crippen molar-refractivity contribution in [2.75, 3.05) is 10.8 Å². The molecular formula is C28H30BrCl2N3O4S. The maximum atomic E-state index is 13.9. The van der Waals surface area contributed by atoms with E-state index in [0.29, 0.717) is 21.3 Å². The zero-order valence-electron chi connectivity index (χ0n) is 22.0. The van der Waals surface area contributed by atoms with Crippen molar-refractivity contribution in [3.8, 4) is 0 Å². The first-order valence-corrected chi connectivity index (χ1v) is 15.2. The summed E-state index contributed by atoms with van der Waals surface area (Å²) in [7, 11) is -4.13. The SMILES string of the molecule is Cc1ccc(S(=O)(=O)N(CC(=O)N(Cc2ccc(Cl)c(Cl)c2)[C@@H](C)C(=O)NC(C)C)c2ccc(Br)cc2)cc1. The third-order valence-electron chi connectivity index (χ3n) is 5.94. The summed E-state index contributed by atoms with van der Waals surface area (Å²) < 4.78 is 29.4. The maximum absolute atomic E-state index is 13.9. The fraction of sp³-hybridized carbons (Fsp3) is 0.286. The van der Waals surface area contributed by atoms with Crippen LogP contribution in [0.2, 0.25) is 10.0 Å². The predicted octanol–water partition coefficient (Wildman–Crippen LogP) is 6.20. The smallest absolute Gasteiger partial charge is 0.264 e. The molecule has 208 valence electrons. The Balaban J connectivity index is 2.04. The van der Waals surface area contributed by atoms with E-state index < -0.39 is 28.5 Å². The minimum atomic E-state index is -4.13. The molecule has 3 aromatic rings. The molecule has 0 bridgehead atoms. The van der Waals surface area contributed by atoms with Gasteiger partial charge < -0.3 is 10.2 Å². The van der Waals surface area contributed by atoms with E-state index in [1.54, 1.807) is 61.5 Å². The summed E-state index contributed by atoms with van der Waals surface area (Å²) in [6, 6.07) is 16.9. The van der Waals surface area contributed by atoms with Crippen LogP contribution < -0.4 is 9.62 Å². The molecule has 0 saturated heterocycles. The largest absolute Gasteiger partial charge is 0.352 e. The van der Waals surface area contributed by atoms with E-state index >= 15 is 0 Å². The first-order valence-electron chi connectivity index (χ1n) is 12.2. The predicted molar refractivity (Wildman–Crippen MR) is 160 cm³/mol. The molecule has 0 aliphatic heterocycles. The number of rotatable bonds is 10. The number of anilines is 1. The number of halogens is 3. The molecule has 0 spiro atoms. The minimum absolute atomic E-state index is 0.0150. The molecule has 2 amide bonds. The minimum Gasteiger partial charge on any atom is -0.352 e. The van der Waals surface area contributed by atoms with Crippen LogP contribution in [0.3, 0.4) is 0 Å². The van der Waals surface area contributed by atoms with Gasteiger partial charge in [0.05, 0.1) is 20.6 Å². The van der Waals surface area contributed by atoms with Gasteiger partial charge in [0.1, 0.15) is 12.6 Å². The van der Waals surface area contributed by atoms with Gasteiger partial charge in [-0.2, -0.15) is 0 Å². The maximum Gasteiger partial charge on any atom is 0.264 e. The van der Waals surface area contributed by atoms with Crippen molar-refractivity contribution in [1.82, 2.24) is 10.2 Å². The molecular weight excluding hydrogens is 625 g/mol. The lowest BCUT2D eigenvalue weighted by molar-refractivity contribution is -0.139. The Kier molecular flexibility index (Phi) is 10.5. The summed E-state index contributed by atoms with van der Waals surface area (Å²) in [4.78, 5) is 28.2. The Labute approximate surface area is 248 Å². The fourth-order valence-electron chi connectivity index (χ4n) is 3.80. The van der Waals surface area contributed by atoms with Crippen LogP contribution in [0.5, 0.6) is 0 Å². The van der Waals surface area contributed by atoms with Crippen molar-refractivity contribution in [2.24, 2.45) is 0 Å². The molecule has 0 radical (unpaired) electrons. The summed E-state index contributed by atoms with van der Waals surface area (Å²) in [6.45, 7) is 6.58. The van der Waals surface area contributed by atoms with Crippen molar-refractivity contribution < 1.29 is 18.0 Å². The number of hydrogen-bond donors (Lipinski definition) is 1. The van der Waals surface area contributed by atoms with E-state index in [1.165, 1.54) is 17.0 Å².